The standard InChI is InChI=1S/C10H16N2OS/c13-6-4-8-7-14-10(12-8)9-3-1-2-5-11-9/h7,9,11,13H,1-6H2. The first-order chi connectivity index (χ1) is 6.90. The molecule has 78 valence electrons. The van der Waals surface area contributed by atoms with Gasteiger partial charge in [0.2, 0.25) is 0 Å². The van der Waals surface area contributed by atoms with Crippen molar-refractivity contribution < 1.29 is 5.11 Å². The molecule has 1 aliphatic rings. The molecular weight excluding hydrogens is 196 g/mol. The molecule has 0 saturated carbocycles. The van der Waals surface area contributed by atoms with Gasteiger partial charge in [-0.3, -0.25) is 0 Å². The van der Waals surface area contributed by atoms with Crippen molar-refractivity contribution >= 4 is 11.3 Å². The predicted molar refractivity (Wildman–Crippen MR) is 57.5 cm³/mol. The van der Waals surface area contributed by atoms with E-state index >= 15 is 0 Å². The van der Waals surface area contributed by atoms with Crippen molar-refractivity contribution in [2.24, 2.45) is 0 Å². The summed E-state index contributed by atoms with van der Waals surface area (Å²) < 4.78 is 0. The molecule has 3 nitrogen and oxygen atoms in total. The fourth-order valence-corrected chi connectivity index (χ4v) is 2.74. The van der Waals surface area contributed by atoms with Gasteiger partial charge in [0.25, 0.3) is 0 Å². The van der Waals surface area contributed by atoms with Gasteiger partial charge in [0.1, 0.15) is 5.01 Å². The number of piperidine rings is 1. The van der Waals surface area contributed by atoms with Gasteiger partial charge in [-0.05, 0) is 19.4 Å². The number of hydrogen-bond acceptors (Lipinski definition) is 4. The summed E-state index contributed by atoms with van der Waals surface area (Å²) >= 11 is 1.71. The molecule has 2 rings (SSSR count). The van der Waals surface area contributed by atoms with Gasteiger partial charge >= 0.3 is 0 Å². The van der Waals surface area contributed by atoms with Gasteiger partial charge in [-0.2, -0.15) is 0 Å². The maximum Gasteiger partial charge on any atom is 0.110 e. The lowest BCUT2D eigenvalue weighted by Gasteiger charge is -2.21. The molecule has 0 bridgehead atoms. The van der Waals surface area contributed by atoms with Crippen LogP contribution in [0.5, 0.6) is 0 Å². The van der Waals surface area contributed by atoms with E-state index in [1.165, 1.54) is 24.3 Å². The molecule has 0 aliphatic carbocycles. The summed E-state index contributed by atoms with van der Waals surface area (Å²) in [6, 6.07) is 0.459. The summed E-state index contributed by atoms with van der Waals surface area (Å²) in [5, 5.41) is 15.5. The Hall–Kier alpha value is -0.450. The first kappa shape index (κ1) is 10.1. The van der Waals surface area contributed by atoms with Crippen molar-refractivity contribution in [1.82, 2.24) is 10.3 Å². The van der Waals surface area contributed by atoms with E-state index in [4.69, 9.17) is 5.11 Å². The number of aliphatic hydroxyl groups excluding tert-OH is 1. The third-order valence-corrected chi connectivity index (χ3v) is 3.55. The van der Waals surface area contributed by atoms with Gasteiger partial charge in [-0.1, -0.05) is 6.42 Å². The molecule has 1 aromatic heterocycles. The van der Waals surface area contributed by atoms with Crippen LogP contribution in [0.25, 0.3) is 0 Å². The maximum atomic E-state index is 8.79. The van der Waals surface area contributed by atoms with Crippen LogP contribution in [-0.2, 0) is 6.42 Å². The molecule has 2 heterocycles. The molecule has 0 amide bonds. The molecule has 1 aromatic rings. The average Bonchev–Trinajstić information content (AvgIpc) is 2.68. The second-order valence-corrected chi connectivity index (χ2v) is 4.54. The zero-order valence-electron chi connectivity index (χ0n) is 8.20. The number of rotatable bonds is 3. The highest BCUT2D eigenvalue weighted by Crippen LogP contribution is 2.25. The van der Waals surface area contributed by atoms with Crippen LogP contribution in [0.15, 0.2) is 5.38 Å². The minimum absolute atomic E-state index is 0.196. The quantitative estimate of drug-likeness (QED) is 0.798. The van der Waals surface area contributed by atoms with E-state index < -0.39 is 0 Å². The number of aliphatic hydroxyl groups is 1. The Bertz CT molecular complexity index is 281. The Morgan fingerprint density at radius 2 is 2.50 bits per heavy atom. The highest BCUT2D eigenvalue weighted by atomic mass is 32.1. The molecule has 1 saturated heterocycles. The average molecular weight is 212 g/mol. The maximum absolute atomic E-state index is 8.79. The van der Waals surface area contributed by atoms with Gasteiger partial charge in [-0.25, -0.2) is 4.98 Å². The fraction of sp³-hybridized carbons (Fsp3) is 0.700. The van der Waals surface area contributed by atoms with E-state index in [-0.39, 0.29) is 6.61 Å². The Labute approximate surface area is 88.2 Å². The summed E-state index contributed by atoms with van der Waals surface area (Å²) in [7, 11) is 0. The molecule has 1 aliphatic heterocycles. The smallest absolute Gasteiger partial charge is 0.110 e. The van der Waals surface area contributed by atoms with E-state index in [0.29, 0.717) is 12.5 Å². The molecule has 4 heteroatoms. The third-order valence-electron chi connectivity index (χ3n) is 2.55. The van der Waals surface area contributed by atoms with E-state index in [2.05, 4.69) is 15.7 Å². The van der Waals surface area contributed by atoms with Crippen LogP contribution >= 0.6 is 11.3 Å². The van der Waals surface area contributed by atoms with Crippen LogP contribution in [-0.4, -0.2) is 23.2 Å². The number of nitrogens with one attached hydrogen (secondary N) is 1. The van der Waals surface area contributed by atoms with Crippen LogP contribution in [0.3, 0.4) is 0 Å². The van der Waals surface area contributed by atoms with Gasteiger partial charge in [0.05, 0.1) is 11.7 Å². The van der Waals surface area contributed by atoms with Crippen LogP contribution < -0.4 is 5.32 Å². The molecule has 14 heavy (non-hydrogen) atoms. The minimum atomic E-state index is 0.196. The summed E-state index contributed by atoms with van der Waals surface area (Å²) in [5.74, 6) is 0. The third kappa shape index (κ3) is 2.32. The summed E-state index contributed by atoms with van der Waals surface area (Å²) in [6.45, 7) is 1.31. The van der Waals surface area contributed by atoms with Crippen molar-refractivity contribution in [2.45, 2.75) is 31.7 Å². The lowest BCUT2D eigenvalue weighted by atomic mass is 10.1. The summed E-state index contributed by atoms with van der Waals surface area (Å²) in [5.41, 5.74) is 1.03. The SMILES string of the molecule is OCCc1csc(C2CCCCN2)n1. The van der Waals surface area contributed by atoms with Crippen molar-refractivity contribution in [3.63, 3.8) is 0 Å². The van der Waals surface area contributed by atoms with Crippen molar-refractivity contribution in [1.29, 1.82) is 0 Å². The number of nitrogens with zero attached hydrogens (tertiary/aromatic N) is 1. The summed E-state index contributed by atoms with van der Waals surface area (Å²) in [4.78, 5) is 4.52. The van der Waals surface area contributed by atoms with Crippen LogP contribution in [0.4, 0.5) is 0 Å². The van der Waals surface area contributed by atoms with Gasteiger partial charge in [-0.15, -0.1) is 11.3 Å². The topological polar surface area (TPSA) is 45.1 Å². The molecular formula is C10H16N2OS. The van der Waals surface area contributed by atoms with E-state index in [0.717, 1.165) is 12.2 Å². The van der Waals surface area contributed by atoms with Crippen molar-refractivity contribution in [3.8, 4) is 0 Å². The molecule has 2 N–H and O–H groups in total. The molecule has 0 aromatic carbocycles. The molecule has 0 radical (unpaired) electrons. The van der Waals surface area contributed by atoms with Crippen molar-refractivity contribution in [2.75, 3.05) is 13.2 Å². The lowest BCUT2D eigenvalue weighted by molar-refractivity contribution is 0.298. The van der Waals surface area contributed by atoms with Crippen molar-refractivity contribution in [3.05, 3.63) is 16.1 Å². The highest BCUT2D eigenvalue weighted by molar-refractivity contribution is 7.09. The normalized spacial score (nSPS) is 22.5. The van der Waals surface area contributed by atoms with E-state index in [9.17, 15) is 0 Å². The number of thiazole rings is 1. The Morgan fingerprint density at radius 1 is 1.57 bits per heavy atom. The van der Waals surface area contributed by atoms with Gasteiger partial charge in [0, 0.05) is 18.4 Å². The largest absolute Gasteiger partial charge is 0.396 e. The zero-order valence-corrected chi connectivity index (χ0v) is 9.02. The van der Waals surface area contributed by atoms with Crippen LogP contribution in [0.2, 0.25) is 0 Å². The first-order valence-electron chi connectivity index (χ1n) is 5.18. The van der Waals surface area contributed by atoms with Crippen LogP contribution in [0.1, 0.15) is 36.0 Å². The van der Waals surface area contributed by atoms with Gasteiger partial charge < -0.3 is 10.4 Å². The second kappa shape index (κ2) is 4.87. The predicted octanol–water partition coefficient (Wildman–Crippen LogP) is 1.49. The number of aromatic nitrogens is 1. The summed E-state index contributed by atoms with van der Waals surface area (Å²) in [6.07, 6.45) is 4.47. The Balaban J connectivity index is 2.00. The number of hydrogen-bond donors (Lipinski definition) is 2. The van der Waals surface area contributed by atoms with Gasteiger partial charge in [0.15, 0.2) is 0 Å². The van der Waals surface area contributed by atoms with Crippen LogP contribution in [0, 0.1) is 0 Å². The molecule has 1 fully saturated rings. The highest BCUT2D eigenvalue weighted by Gasteiger charge is 2.17. The molecule has 1 unspecified atom stereocenters. The lowest BCUT2D eigenvalue weighted by Crippen LogP contribution is -2.26. The Kier molecular flexibility index (Phi) is 3.50. The molecule has 1 atom stereocenters. The first-order valence-corrected chi connectivity index (χ1v) is 6.06. The monoisotopic (exact) mass is 212 g/mol. The fourth-order valence-electron chi connectivity index (χ4n) is 1.77. The Morgan fingerprint density at radius 3 is 3.21 bits per heavy atom. The van der Waals surface area contributed by atoms with E-state index in [1.807, 2.05) is 0 Å². The molecule has 0 spiro atoms. The zero-order chi connectivity index (χ0) is 9.80. The second-order valence-electron chi connectivity index (χ2n) is 3.65. The minimum Gasteiger partial charge on any atom is -0.396 e. The van der Waals surface area contributed by atoms with E-state index in [1.54, 1.807) is 11.3 Å².